The summed E-state index contributed by atoms with van der Waals surface area (Å²) in [6.07, 6.45) is 11.3. The molecule has 31 heavy (non-hydrogen) atoms. The van der Waals surface area contributed by atoms with Gasteiger partial charge in [-0.15, -0.1) is 0 Å². The van der Waals surface area contributed by atoms with E-state index in [4.69, 9.17) is 14.6 Å². The number of rotatable bonds is 14. The smallest absolute Gasteiger partial charge is 0.335 e. The third-order valence-electron chi connectivity index (χ3n) is 6.38. The Bertz CT molecular complexity index is 674. The molecule has 1 aromatic carbocycles. The van der Waals surface area contributed by atoms with Crippen LogP contribution in [0.2, 0.25) is 0 Å². The molecule has 0 amide bonds. The molecule has 1 unspecified atom stereocenters. The van der Waals surface area contributed by atoms with Crippen molar-refractivity contribution in [3.05, 3.63) is 47.5 Å². The molecule has 0 aliphatic heterocycles. The molecule has 1 saturated carbocycles. The van der Waals surface area contributed by atoms with Gasteiger partial charge in [0.15, 0.2) is 0 Å². The summed E-state index contributed by atoms with van der Waals surface area (Å²) in [5.74, 6) is 0.932. The number of benzene rings is 1. The zero-order chi connectivity index (χ0) is 22.5. The molecular weight excluding hydrogens is 392 g/mol. The minimum absolute atomic E-state index is 0.0124. The van der Waals surface area contributed by atoms with Crippen LogP contribution in [0, 0.1) is 5.92 Å². The molecule has 5 nitrogen and oxygen atoms in total. The third-order valence-corrected chi connectivity index (χ3v) is 6.38. The van der Waals surface area contributed by atoms with Crippen LogP contribution in [0.5, 0.6) is 0 Å². The largest absolute Gasteiger partial charge is 0.464 e. The highest BCUT2D eigenvalue weighted by Gasteiger charge is 2.22. The Kier molecular flexibility index (Phi) is 11.4. The van der Waals surface area contributed by atoms with Crippen molar-refractivity contribution in [2.45, 2.75) is 83.2 Å². The van der Waals surface area contributed by atoms with Gasteiger partial charge in [-0.3, -0.25) is 4.79 Å². The topological polar surface area (TPSA) is 72.8 Å². The number of hydrogen-bond acceptors (Lipinski definition) is 5. The molecule has 1 aromatic rings. The molecule has 0 aromatic heterocycles. The van der Waals surface area contributed by atoms with Gasteiger partial charge < -0.3 is 14.6 Å². The Labute approximate surface area is 186 Å². The lowest BCUT2D eigenvalue weighted by Gasteiger charge is -2.29. The van der Waals surface area contributed by atoms with E-state index in [9.17, 15) is 9.59 Å². The van der Waals surface area contributed by atoms with E-state index in [-0.39, 0.29) is 18.3 Å². The molecular formula is C26H38O5. The molecule has 0 heterocycles. The lowest BCUT2D eigenvalue weighted by Crippen LogP contribution is -2.20. The Morgan fingerprint density at radius 2 is 1.90 bits per heavy atom. The van der Waals surface area contributed by atoms with Crippen molar-refractivity contribution in [2.24, 2.45) is 5.92 Å². The maximum absolute atomic E-state index is 11.6. The van der Waals surface area contributed by atoms with Gasteiger partial charge in [0.2, 0.25) is 0 Å². The van der Waals surface area contributed by atoms with E-state index >= 15 is 0 Å². The Morgan fingerprint density at radius 1 is 1.19 bits per heavy atom. The van der Waals surface area contributed by atoms with Crippen LogP contribution in [0.4, 0.5) is 0 Å². The van der Waals surface area contributed by atoms with Gasteiger partial charge in [0.05, 0.1) is 18.8 Å². The van der Waals surface area contributed by atoms with E-state index in [0.717, 1.165) is 11.5 Å². The summed E-state index contributed by atoms with van der Waals surface area (Å²) >= 11 is 0. The highest BCUT2D eigenvalue weighted by Crippen LogP contribution is 2.37. The second-order valence-electron chi connectivity index (χ2n) is 8.70. The summed E-state index contributed by atoms with van der Waals surface area (Å²) < 4.78 is 10.2. The van der Waals surface area contributed by atoms with E-state index in [1.165, 1.54) is 56.9 Å². The molecule has 0 bridgehead atoms. The van der Waals surface area contributed by atoms with E-state index in [1.807, 2.05) is 0 Å². The van der Waals surface area contributed by atoms with Crippen molar-refractivity contribution in [1.82, 2.24) is 0 Å². The first-order valence-corrected chi connectivity index (χ1v) is 11.7. The fourth-order valence-electron chi connectivity index (χ4n) is 4.40. The maximum Gasteiger partial charge on any atom is 0.335 e. The second-order valence-corrected chi connectivity index (χ2v) is 8.70. The third kappa shape index (κ3) is 8.86. The first-order chi connectivity index (χ1) is 15.1. The maximum atomic E-state index is 11.6. The first-order valence-electron chi connectivity index (χ1n) is 11.7. The van der Waals surface area contributed by atoms with Crippen LogP contribution in [0.1, 0.15) is 81.8 Å². The number of hydrogen-bond donors (Lipinski definition) is 1. The summed E-state index contributed by atoms with van der Waals surface area (Å²) in [5, 5.41) is 8.89. The van der Waals surface area contributed by atoms with Crippen molar-refractivity contribution >= 4 is 12.4 Å². The molecule has 1 fully saturated rings. The van der Waals surface area contributed by atoms with Gasteiger partial charge in [-0.25, -0.2) is 4.79 Å². The first kappa shape index (κ1) is 25.1. The van der Waals surface area contributed by atoms with Crippen LogP contribution in [0.3, 0.4) is 0 Å². The molecule has 5 heteroatoms. The quantitative estimate of drug-likeness (QED) is 0.192. The number of esters is 1. The van der Waals surface area contributed by atoms with Crippen LogP contribution in [-0.2, 0) is 25.5 Å². The molecule has 172 valence electrons. The monoisotopic (exact) mass is 430 g/mol. The number of aliphatic hydroxyl groups excluding tert-OH is 1. The van der Waals surface area contributed by atoms with Crippen LogP contribution in [0.15, 0.2) is 36.4 Å². The van der Waals surface area contributed by atoms with Crippen LogP contribution in [-0.4, -0.2) is 36.9 Å². The zero-order valence-electron chi connectivity index (χ0n) is 18.9. The summed E-state index contributed by atoms with van der Waals surface area (Å²) in [6, 6.07) is 8.65. The number of unbranched alkanes of at least 4 members (excludes halogenated alkanes) is 2. The van der Waals surface area contributed by atoms with E-state index in [1.54, 1.807) is 0 Å². The van der Waals surface area contributed by atoms with Crippen LogP contribution < -0.4 is 0 Å². The van der Waals surface area contributed by atoms with Crippen molar-refractivity contribution in [3.63, 3.8) is 0 Å². The normalized spacial score (nSPS) is 19.4. The van der Waals surface area contributed by atoms with E-state index in [0.29, 0.717) is 25.2 Å². The molecule has 0 spiro atoms. The van der Waals surface area contributed by atoms with Crippen LogP contribution in [0.25, 0.3) is 0 Å². The van der Waals surface area contributed by atoms with Crippen molar-refractivity contribution < 1.29 is 24.2 Å². The SMILES string of the molecule is C=C(CO)C(=O)OCCC(Cc1ccc(C2CCC(CCCCC)CC2)cc1)OC=O. The predicted molar refractivity (Wildman–Crippen MR) is 122 cm³/mol. The molecule has 0 radical (unpaired) electrons. The minimum atomic E-state index is -0.628. The van der Waals surface area contributed by atoms with Gasteiger partial charge in [-0.05, 0) is 48.6 Å². The van der Waals surface area contributed by atoms with Crippen molar-refractivity contribution in [2.75, 3.05) is 13.2 Å². The lowest BCUT2D eigenvalue weighted by atomic mass is 9.77. The summed E-state index contributed by atoms with van der Waals surface area (Å²) in [4.78, 5) is 22.4. The average molecular weight is 431 g/mol. The van der Waals surface area contributed by atoms with Gasteiger partial charge in [-0.2, -0.15) is 0 Å². The van der Waals surface area contributed by atoms with Crippen LogP contribution >= 0.6 is 0 Å². The zero-order valence-corrected chi connectivity index (χ0v) is 18.9. The molecule has 2 rings (SSSR count). The number of ether oxygens (including phenoxy) is 2. The molecule has 1 atom stereocenters. The van der Waals surface area contributed by atoms with Gasteiger partial charge in [0.1, 0.15) is 6.10 Å². The highest BCUT2D eigenvalue weighted by molar-refractivity contribution is 5.87. The molecule has 0 saturated heterocycles. The number of carbonyl (C=O) groups excluding carboxylic acids is 2. The van der Waals surface area contributed by atoms with Gasteiger partial charge >= 0.3 is 5.97 Å². The average Bonchev–Trinajstić information content (AvgIpc) is 2.79. The Hall–Kier alpha value is -2.14. The second kappa shape index (κ2) is 14.0. The summed E-state index contributed by atoms with van der Waals surface area (Å²) in [6.45, 7) is 5.81. The molecule has 1 aliphatic carbocycles. The molecule has 1 aliphatic rings. The molecule has 1 N–H and O–H groups in total. The number of carbonyl (C=O) groups is 2. The fourth-order valence-corrected chi connectivity index (χ4v) is 4.40. The fraction of sp³-hybridized carbons (Fsp3) is 0.615. The van der Waals surface area contributed by atoms with Crippen molar-refractivity contribution in [3.8, 4) is 0 Å². The summed E-state index contributed by atoms with van der Waals surface area (Å²) in [5.41, 5.74) is 2.51. The Balaban J connectivity index is 1.79. The van der Waals surface area contributed by atoms with Gasteiger partial charge in [-0.1, -0.05) is 63.5 Å². The standard InChI is InChI=1S/C26H38O5/c1-3-4-5-6-21-7-11-23(12-8-21)24-13-9-22(10-14-24)17-25(31-19-28)15-16-30-26(29)20(2)18-27/h9-10,13-14,19,21,23,25,27H,2-8,11-12,15-18H2,1H3. The predicted octanol–water partition coefficient (Wildman–Crippen LogP) is 5.11. The van der Waals surface area contributed by atoms with E-state index in [2.05, 4.69) is 37.8 Å². The summed E-state index contributed by atoms with van der Waals surface area (Å²) in [7, 11) is 0. The van der Waals surface area contributed by atoms with E-state index < -0.39 is 12.6 Å². The van der Waals surface area contributed by atoms with Gasteiger partial charge in [0.25, 0.3) is 6.47 Å². The van der Waals surface area contributed by atoms with Gasteiger partial charge in [0, 0.05) is 12.8 Å². The number of aliphatic hydroxyl groups is 1. The lowest BCUT2D eigenvalue weighted by molar-refractivity contribution is -0.141. The van der Waals surface area contributed by atoms with Crippen molar-refractivity contribution in [1.29, 1.82) is 0 Å². The highest BCUT2D eigenvalue weighted by atomic mass is 16.5. The minimum Gasteiger partial charge on any atom is -0.464 e. The Morgan fingerprint density at radius 3 is 2.52 bits per heavy atom.